The maximum absolute atomic E-state index is 15.8. The molecule has 1 fully saturated rings. The number of rotatable bonds is 4. The predicted molar refractivity (Wildman–Crippen MR) is 115 cm³/mol. The lowest BCUT2D eigenvalue weighted by Crippen LogP contribution is -2.10. The van der Waals surface area contributed by atoms with Crippen molar-refractivity contribution >= 4 is 27.8 Å². The molecule has 2 N–H and O–H groups in total. The van der Waals surface area contributed by atoms with Gasteiger partial charge in [-0.2, -0.15) is 5.10 Å². The average molecular weight is 423 g/mol. The van der Waals surface area contributed by atoms with Crippen molar-refractivity contribution in [3.63, 3.8) is 0 Å². The lowest BCUT2D eigenvalue weighted by Gasteiger charge is -2.18. The van der Waals surface area contributed by atoms with Gasteiger partial charge in [-0.15, -0.1) is 0 Å². The molecule has 1 aliphatic carbocycles. The number of nitrogens with one attached hydrogen (secondary N) is 1. The molecule has 2 aromatic carbocycles. The van der Waals surface area contributed by atoms with Crippen molar-refractivity contribution in [1.29, 1.82) is 0 Å². The second-order valence-electron chi connectivity index (χ2n) is 8.73. The van der Waals surface area contributed by atoms with E-state index in [1.807, 2.05) is 24.5 Å². The number of carboxylic acid groups (broad SMARTS) is 1. The Morgan fingerprint density at radius 1 is 1.23 bits per heavy atom. The first-order valence-corrected chi connectivity index (χ1v) is 10.5. The van der Waals surface area contributed by atoms with Crippen molar-refractivity contribution in [1.82, 2.24) is 14.8 Å². The maximum Gasteiger partial charge on any atom is 0.306 e. The van der Waals surface area contributed by atoms with Crippen LogP contribution < -0.4 is 0 Å². The normalized spacial score (nSPS) is 19.1. The Kier molecular flexibility index (Phi) is 4.57. The molecule has 7 heteroatoms. The first-order chi connectivity index (χ1) is 14.9. The van der Waals surface area contributed by atoms with Gasteiger partial charge in [-0.3, -0.25) is 9.89 Å². The molecule has 2 heterocycles. The number of fused-ring (bicyclic) bond motifs is 2. The molecule has 0 radical (unpaired) electrons. The summed E-state index contributed by atoms with van der Waals surface area (Å²) in [6.07, 6.45) is 3.34. The van der Waals surface area contributed by atoms with Crippen LogP contribution in [0.2, 0.25) is 0 Å². The number of halogens is 2. The van der Waals surface area contributed by atoms with E-state index in [1.54, 1.807) is 18.3 Å². The summed E-state index contributed by atoms with van der Waals surface area (Å²) in [6, 6.07) is 8.08. The van der Waals surface area contributed by atoms with Crippen LogP contribution in [0.4, 0.5) is 8.78 Å². The van der Waals surface area contributed by atoms with Crippen molar-refractivity contribution in [2.75, 3.05) is 0 Å². The largest absolute Gasteiger partial charge is 0.481 e. The molecule has 5 rings (SSSR count). The van der Waals surface area contributed by atoms with Gasteiger partial charge in [0.1, 0.15) is 11.3 Å². The Bertz CT molecular complexity index is 1300. The quantitative estimate of drug-likeness (QED) is 0.431. The summed E-state index contributed by atoms with van der Waals surface area (Å²) >= 11 is 0. The molecule has 0 bridgehead atoms. The van der Waals surface area contributed by atoms with Gasteiger partial charge < -0.3 is 9.67 Å². The SMILES string of the molecule is CC(C)c1c([C@@H]2CC[C@@H](C(=O)O)C2)c2c(F)c3[nH]ncc3cc2n1-c1ccc(F)cc1. The van der Waals surface area contributed by atoms with E-state index in [1.165, 1.54) is 12.1 Å². The molecular weight excluding hydrogens is 400 g/mol. The van der Waals surface area contributed by atoms with E-state index in [0.717, 1.165) is 16.9 Å². The van der Waals surface area contributed by atoms with E-state index in [0.29, 0.717) is 41.1 Å². The molecule has 0 amide bonds. The van der Waals surface area contributed by atoms with Crippen molar-refractivity contribution in [2.45, 2.75) is 44.9 Å². The van der Waals surface area contributed by atoms with E-state index in [9.17, 15) is 14.3 Å². The summed E-state index contributed by atoms with van der Waals surface area (Å²) in [4.78, 5) is 11.6. The maximum atomic E-state index is 15.8. The summed E-state index contributed by atoms with van der Waals surface area (Å²) in [6.45, 7) is 4.10. The zero-order chi connectivity index (χ0) is 21.9. The number of aliphatic carboxylic acids is 1. The standard InChI is InChI=1S/C24H23F2N3O2/c1-12(2)23-19(13-3-4-14(9-13)24(30)31)20-18(10-15-11-27-28-22(15)21(20)26)29(23)17-7-5-16(25)6-8-17/h5-8,10-14H,3-4,9H2,1-2H3,(H,27,28)(H,30,31)/t13-,14-/m1/s1. The molecule has 0 spiro atoms. The summed E-state index contributed by atoms with van der Waals surface area (Å²) < 4.78 is 31.5. The zero-order valence-electron chi connectivity index (χ0n) is 17.3. The van der Waals surface area contributed by atoms with E-state index >= 15 is 4.39 Å². The second-order valence-corrected chi connectivity index (χ2v) is 8.73. The molecular formula is C24H23F2N3O2. The van der Waals surface area contributed by atoms with Crippen LogP contribution in [0.1, 0.15) is 56.2 Å². The highest BCUT2D eigenvalue weighted by Crippen LogP contribution is 2.47. The first-order valence-electron chi connectivity index (χ1n) is 10.5. The molecule has 160 valence electrons. The van der Waals surface area contributed by atoms with Crippen LogP contribution >= 0.6 is 0 Å². The fraction of sp³-hybridized carbons (Fsp3) is 0.333. The molecule has 0 unspecified atom stereocenters. The number of aromatic amines is 1. The van der Waals surface area contributed by atoms with Gasteiger partial charge in [0.2, 0.25) is 0 Å². The van der Waals surface area contributed by atoms with E-state index in [2.05, 4.69) is 10.2 Å². The number of benzene rings is 2. The van der Waals surface area contributed by atoms with E-state index in [4.69, 9.17) is 0 Å². The van der Waals surface area contributed by atoms with E-state index < -0.39 is 11.9 Å². The Morgan fingerprint density at radius 3 is 2.61 bits per heavy atom. The van der Waals surface area contributed by atoms with Gasteiger partial charge in [0, 0.05) is 22.2 Å². The van der Waals surface area contributed by atoms with Gasteiger partial charge in [0.15, 0.2) is 5.82 Å². The molecule has 1 saturated carbocycles. The molecule has 0 saturated heterocycles. The molecule has 5 nitrogen and oxygen atoms in total. The zero-order valence-corrected chi connectivity index (χ0v) is 17.3. The molecule has 2 aromatic heterocycles. The van der Waals surface area contributed by atoms with Crippen LogP contribution in [0.3, 0.4) is 0 Å². The van der Waals surface area contributed by atoms with Crippen molar-refractivity contribution < 1.29 is 18.7 Å². The molecule has 1 aliphatic rings. The Labute approximate surface area is 177 Å². The minimum atomic E-state index is -0.799. The van der Waals surface area contributed by atoms with E-state index in [-0.39, 0.29) is 23.5 Å². The summed E-state index contributed by atoms with van der Waals surface area (Å²) in [5.41, 5.74) is 3.59. The molecule has 31 heavy (non-hydrogen) atoms. The topological polar surface area (TPSA) is 70.9 Å². The fourth-order valence-corrected chi connectivity index (χ4v) is 5.17. The average Bonchev–Trinajstić information content (AvgIpc) is 3.45. The smallest absolute Gasteiger partial charge is 0.306 e. The van der Waals surface area contributed by atoms with Crippen molar-refractivity contribution in [2.24, 2.45) is 5.92 Å². The first kappa shape index (κ1) is 19.7. The monoisotopic (exact) mass is 423 g/mol. The lowest BCUT2D eigenvalue weighted by molar-refractivity contribution is -0.141. The van der Waals surface area contributed by atoms with Gasteiger partial charge in [0.05, 0.1) is 17.6 Å². The Morgan fingerprint density at radius 2 is 1.97 bits per heavy atom. The van der Waals surface area contributed by atoms with Crippen molar-refractivity contribution in [3.05, 3.63) is 59.4 Å². The van der Waals surface area contributed by atoms with Crippen LogP contribution in [-0.2, 0) is 4.79 Å². The number of carbonyl (C=O) groups is 1. The lowest BCUT2D eigenvalue weighted by atomic mass is 9.89. The summed E-state index contributed by atoms with van der Waals surface area (Å²) in [5.74, 6) is -1.94. The number of hydrogen-bond acceptors (Lipinski definition) is 2. The third-order valence-electron chi connectivity index (χ3n) is 6.50. The number of nitrogens with zero attached hydrogens (tertiary/aromatic N) is 2. The Balaban J connectivity index is 1.87. The van der Waals surface area contributed by atoms with Gasteiger partial charge in [-0.1, -0.05) is 13.8 Å². The number of aromatic nitrogens is 3. The highest BCUT2D eigenvalue weighted by Gasteiger charge is 2.36. The number of hydrogen-bond donors (Lipinski definition) is 2. The minimum absolute atomic E-state index is 0.0483. The van der Waals surface area contributed by atoms with Crippen LogP contribution in [0, 0.1) is 17.6 Å². The second kappa shape index (κ2) is 7.18. The highest BCUT2D eigenvalue weighted by molar-refractivity contribution is 6.00. The summed E-state index contributed by atoms with van der Waals surface area (Å²) in [5, 5.41) is 17.4. The van der Waals surface area contributed by atoms with Gasteiger partial charge in [-0.05, 0) is 67.0 Å². The van der Waals surface area contributed by atoms with Crippen LogP contribution in [-0.4, -0.2) is 25.8 Å². The molecule has 2 atom stereocenters. The third kappa shape index (κ3) is 3.02. The van der Waals surface area contributed by atoms with Gasteiger partial charge in [-0.25, -0.2) is 8.78 Å². The third-order valence-corrected chi connectivity index (χ3v) is 6.50. The Hall–Kier alpha value is -3.22. The fourth-order valence-electron chi connectivity index (χ4n) is 5.17. The summed E-state index contributed by atoms with van der Waals surface area (Å²) in [7, 11) is 0. The van der Waals surface area contributed by atoms with Crippen molar-refractivity contribution in [3.8, 4) is 5.69 Å². The number of H-pyrrole nitrogens is 1. The highest BCUT2D eigenvalue weighted by atomic mass is 19.1. The number of carboxylic acids is 1. The predicted octanol–water partition coefficient (Wildman–Crippen LogP) is 5.88. The molecule has 0 aliphatic heterocycles. The van der Waals surface area contributed by atoms with Gasteiger partial charge >= 0.3 is 5.97 Å². The van der Waals surface area contributed by atoms with Crippen LogP contribution in [0.5, 0.6) is 0 Å². The van der Waals surface area contributed by atoms with Crippen LogP contribution in [0.15, 0.2) is 36.5 Å². The molecule has 4 aromatic rings. The minimum Gasteiger partial charge on any atom is -0.481 e. The van der Waals surface area contributed by atoms with Crippen LogP contribution in [0.25, 0.3) is 27.5 Å². The van der Waals surface area contributed by atoms with Gasteiger partial charge in [0.25, 0.3) is 0 Å².